The number of hydrogen-bond acceptors (Lipinski definition) is 4. The number of nitrogens with one attached hydrogen (secondary N) is 3. The van der Waals surface area contributed by atoms with Crippen LogP contribution in [0, 0.1) is 0 Å². The van der Waals surface area contributed by atoms with Gasteiger partial charge in [0.25, 0.3) is 11.8 Å². The molecule has 6 nitrogen and oxygen atoms in total. The van der Waals surface area contributed by atoms with Crippen molar-refractivity contribution in [1.82, 2.24) is 5.32 Å². The van der Waals surface area contributed by atoms with E-state index in [0.717, 1.165) is 4.47 Å². The van der Waals surface area contributed by atoms with Crippen LogP contribution in [0.2, 0.25) is 5.02 Å². The Morgan fingerprint density at radius 2 is 1.62 bits per heavy atom. The number of thiocarbonyl (C=S) groups is 1. The molecule has 0 saturated heterocycles. The molecule has 164 valence electrons. The van der Waals surface area contributed by atoms with E-state index in [2.05, 4.69) is 31.9 Å². The Balaban J connectivity index is 1.52. The molecule has 3 aromatic rings. The van der Waals surface area contributed by atoms with Crippen LogP contribution in [0.25, 0.3) is 0 Å². The maximum atomic E-state index is 12.4. The van der Waals surface area contributed by atoms with Gasteiger partial charge >= 0.3 is 0 Å². The summed E-state index contributed by atoms with van der Waals surface area (Å²) in [4.78, 5) is 24.7. The Labute approximate surface area is 204 Å². The molecule has 0 fully saturated rings. The van der Waals surface area contributed by atoms with E-state index in [0.29, 0.717) is 27.7 Å². The molecule has 1 atom stereocenters. The second-order valence-electron chi connectivity index (χ2n) is 6.68. The van der Waals surface area contributed by atoms with Crippen LogP contribution in [0.4, 0.5) is 11.4 Å². The first kappa shape index (κ1) is 23.7. The van der Waals surface area contributed by atoms with Gasteiger partial charge in [-0.3, -0.25) is 14.9 Å². The van der Waals surface area contributed by atoms with Gasteiger partial charge in [-0.1, -0.05) is 45.7 Å². The summed E-state index contributed by atoms with van der Waals surface area (Å²) in [6, 6.07) is 20.8. The van der Waals surface area contributed by atoms with Crippen LogP contribution in [0.5, 0.6) is 5.75 Å². The second kappa shape index (κ2) is 11.1. The predicted molar refractivity (Wildman–Crippen MR) is 134 cm³/mol. The number of benzene rings is 3. The van der Waals surface area contributed by atoms with Gasteiger partial charge in [0.15, 0.2) is 11.2 Å². The smallest absolute Gasteiger partial charge is 0.265 e. The van der Waals surface area contributed by atoms with E-state index < -0.39 is 6.10 Å². The number of rotatable bonds is 6. The first-order chi connectivity index (χ1) is 15.3. The van der Waals surface area contributed by atoms with Crippen molar-refractivity contribution in [2.45, 2.75) is 13.0 Å². The normalized spacial score (nSPS) is 11.2. The molecule has 0 aliphatic carbocycles. The third kappa shape index (κ3) is 6.78. The lowest BCUT2D eigenvalue weighted by Gasteiger charge is -2.16. The van der Waals surface area contributed by atoms with Crippen molar-refractivity contribution in [3.63, 3.8) is 0 Å². The zero-order valence-corrected chi connectivity index (χ0v) is 20.1. The summed E-state index contributed by atoms with van der Waals surface area (Å²) in [5, 5.41) is 8.94. The van der Waals surface area contributed by atoms with E-state index in [1.807, 2.05) is 6.07 Å². The summed E-state index contributed by atoms with van der Waals surface area (Å²) in [5.74, 6) is -0.197. The molecular formula is C23H19BrClN3O3S. The molecule has 0 spiro atoms. The van der Waals surface area contributed by atoms with Crippen molar-refractivity contribution >= 4 is 68.1 Å². The summed E-state index contributed by atoms with van der Waals surface area (Å²) in [5.41, 5.74) is 1.72. The highest BCUT2D eigenvalue weighted by atomic mass is 79.9. The van der Waals surface area contributed by atoms with Gasteiger partial charge in [-0.2, -0.15) is 0 Å². The van der Waals surface area contributed by atoms with Gasteiger partial charge in [0.2, 0.25) is 0 Å². The van der Waals surface area contributed by atoms with Gasteiger partial charge in [0.05, 0.1) is 5.02 Å². The standard InChI is InChI=1S/C23H19BrClN3O3S/c1-14(31-20-8-3-2-7-19(20)25)21(29)26-17-9-11-18(12-10-17)27-23(32)28-22(30)15-5-4-6-16(24)13-15/h2-14H,1H3,(H,26,29)(H2,27,28,30,32). The Morgan fingerprint density at radius 1 is 0.969 bits per heavy atom. The Morgan fingerprint density at radius 3 is 2.28 bits per heavy atom. The van der Waals surface area contributed by atoms with Crippen molar-refractivity contribution in [2.24, 2.45) is 0 Å². The van der Waals surface area contributed by atoms with Crippen LogP contribution in [0.15, 0.2) is 77.3 Å². The molecule has 32 heavy (non-hydrogen) atoms. The van der Waals surface area contributed by atoms with Gasteiger partial charge in [0, 0.05) is 21.4 Å². The molecule has 0 saturated carbocycles. The highest BCUT2D eigenvalue weighted by Gasteiger charge is 2.16. The number of hydrogen-bond donors (Lipinski definition) is 3. The number of ether oxygens (including phenoxy) is 1. The van der Waals surface area contributed by atoms with Crippen molar-refractivity contribution in [3.05, 3.63) is 87.9 Å². The average Bonchev–Trinajstić information content (AvgIpc) is 2.76. The maximum absolute atomic E-state index is 12.4. The number of carbonyl (C=O) groups is 2. The molecule has 0 aromatic heterocycles. The minimum atomic E-state index is -0.742. The van der Waals surface area contributed by atoms with E-state index in [4.69, 9.17) is 28.6 Å². The number of para-hydroxylation sites is 1. The fourth-order valence-corrected chi connectivity index (χ4v) is 3.42. The number of carbonyl (C=O) groups excluding carboxylic acids is 2. The molecule has 0 aliphatic heterocycles. The fourth-order valence-electron chi connectivity index (χ4n) is 2.63. The van der Waals surface area contributed by atoms with Crippen LogP contribution in [0.1, 0.15) is 17.3 Å². The van der Waals surface area contributed by atoms with Gasteiger partial charge in [0.1, 0.15) is 5.75 Å². The zero-order chi connectivity index (χ0) is 23.1. The van der Waals surface area contributed by atoms with Crippen LogP contribution >= 0.6 is 39.7 Å². The molecule has 3 N–H and O–H groups in total. The minimum Gasteiger partial charge on any atom is -0.479 e. The molecule has 0 radical (unpaired) electrons. The SMILES string of the molecule is CC(Oc1ccccc1Cl)C(=O)Nc1ccc(NC(=S)NC(=O)c2cccc(Br)c2)cc1. The Kier molecular flexibility index (Phi) is 8.21. The molecule has 3 rings (SSSR count). The summed E-state index contributed by atoms with van der Waals surface area (Å²) < 4.78 is 6.42. The van der Waals surface area contributed by atoms with Crippen molar-refractivity contribution in [1.29, 1.82) is 0 Å². The highest BCUT2D eigenvalue weighted by molar-refractivity contribution is 9.10. The molecule has 3 aromatic carbocycles. The van der Waals surface area contributed by atoms with E-state index in [1.165, 1.54) is 0 Å². The third-order valence-corrected chi connectivity index (χ3v) is 5.24. The molecule has 2 amide bonds. The molecule has 0 heterocycles. The molecule has 0 bridgehead atoms. The lowest BCUT2D eigenvalue weighted by Crippen LogP contribution is -2.34. The van der Waals surface area contributed by atoms with Crippen molar-refractivity contribution in [2.75, 3.05) is 10.6 Å². The number of anilines is 2. The second-order valence-corrected chi connectivity index (χ2v) is 8.41. The van der Waals surface area contributed by atoms with Gasteiger partial charge in [-0.05, 0) is 73.7 Å². The lowest BCUT2D eigenvalue weighted by molar-refractivity contribution is -0.122. The largest absolute Gasteiger partial charge is 0.479 e. The maximum Gasteiger partial charge on any atom is 0.265 e. The van der Waals surface area contributed by atoms with Crippen LogP contribution < -0.4 is 20.7 Å². The summed E-state index contributed by atoms with van der Waals surface area (Å²) in [6.07, 6.45) is -0.742. The first-order valence-electron chi connectivity index (χ1n) is 9.52. The fraction of sp³-hybridized carbons (Fsp3) is 0.0870. The molecule has 0 aliphatic rings. The van der Waals surface area contributed by atoms with Crippen LogP contribution in [-0.4, -0.2) is 23.0 Å². The monoisotopic (exact) mass is 531 g/mol. The Bertz CT molecular complexity index is 1140. The third-order valence-electron chi connectivity index (χ3n) is 4.23. The summed E-state index contributed by atoms with van der Waals surface area (Å²) in [6.45, 7) is 1.64. The summed E-state index contributed by atoms with van der Waals surface area (Å²) >= 11 is 14.6. The summed E-state index contributed by atoms with van der Waals surface area (Å²) in [7, 11) is 0. The Hall–Kier alpha value is -2.94. The number of halogens is 2. The van der Waals surface area contributed by atoms with Crippen LogP contribution in [-0.2, 0) is 4.79 Å². The van der Waals surface area contributed by atoms with Gasteiger partial charge < -0.3 is 15.4 Å². The quantitative estimate of drug-likeness (QED) is 0.358. The van der Waals surface area contributed by atoms with Crippen LogP contribution in [0.3, 0.4) is 0 Å². The van der Waals surface area contributed by atoms with E-state index in [9.17, 15) is 9.59 Å². The lowest BCUT2D eigenvalue weighted by atomic mass is 10.2. The van der Waals surface area contributed by atoms with Gasteiger partial charge in [-0.25, -0.2) is 0 Å². The highest BCUT2D eigenvalue weighted by Crippen LogP contribution is 2.24. The van der Waals surface area contributed by atoms with Gasteiger partial charge in [-0.15, -0.1) is 0 Å². The zero-order valence-electron chi connectivity index (χ0n) is 16.9. The predicted octanol–water partition coefficient (Wildman–Crippen LogP) is 5.64. The van der Waals surface area contributed by atoms with E-state index >= 15 is 0 Å². The molecule has 9 heteroatoms. The molecular weight excluding hydrogens is 514 g/mol. The topological polar surface area (TPSA) is 79.5 Å². The van der Waals surface area contributed by atoms with Crippen molar-refractivity contribution in [3.8, 4) is 5.75 Å². The number of amides is 2. The van der Waals surface area contributed by atoms with E-state index in [-0.39, 0.29) is 16.9 Å². The average molecular weight is 533 g/mol. The molecule has 1 unspecified atom stereocenters. The van der Waals surface area contributed by atoms with E-state index in [1.54, 1.807) is 73.7 Å². The first-order valence-corrected chi connectivity index (χ1v) is 11.1. The van der Waals surface area contributed by atoms with Crippen molar-refractivity contribution < 1.29 is 14.3 Å². The minimum absolute atomic E-state index is 0.161.